The van der Waals surface area contributed by atoms with E-state index in [-0.39, 0.29) is 11.9 Å². The quantitative estimate of drug-likeness (QED) is 0.519. The molecule has 3 rings (SSSR count). The molecule has 2 aromatic rings. The van der Waals surface area contributed by atoms with E-state index in [9.17, 15) is 4.79 Å². The molecule has 0 aromatic heterocycles. The predicted octanol–water partition coefficient (Wildman–Crippen LogP) is 4.24. The largest absolute Gasteiger partial charge is 0.494 e. The average Bonchev–Trinajstić information content (AvgIpc) is 3.27. The van der Waals surface area contributed by atoms with Crippen LogP contribution >= 0.6 is 0 Å². The summed E-state index contributed by atoms with van der Waals surface area (Å²) in [6, 6.07) is 17.6. The Morgan fingerprint density at radius 2 is 1.87 bits per heavy atom. The summed E-state index contributed by atoms with van der Waals surface area (Å²) in [5.41, 5.74) is 2.27. The molecule has 31 heavy (non-hydrogen) atoms. The molecule has 1 N–H and O–H groups in total. The second kappa shape index (κ2) is 12.4. The van der Waals surface area contributed by atoms with Gasteiger partial charge in [0, 0.05) is 31.0 Å². The van der Waals surface area contributed by atoms with Crippen LogP contribution in [0.1, 0.15) is 50.7 Å². The number of hydrogen-bond donors (Lipinski definition) is 1. The summed E-state index contributed by atoms with van der Waals surface area (Å²) in [7, 11) is 0. The first kappa shape index (κ1) is 23.1. The molecule has 0 unspecified atom stereocenters. The van der Waals surface area contributed by atoms with Crippen LogP contribution in [0.25, 0.3) is 0 Å². The van der Waals surface area contributed by atoms with Crippen molar-refractivity contribution in [3.8, 4) is 11.5 Å². The second-order valence-electron chi connectivity index (χ2n) is 8.41. The summed E-state index contributed by atoms with van der Waals surface area (Å²) in [4.78, 5) is 14.1. The van der Waals surface area contributed by atoms with E-state index in [2.05, 4.69) is 28.4 Å². The van der Waals surface area contributed by atoms with Crippen molar-refractivity contribution in [2.45, 2.75) is 52.0 Å². The first-order valence-electron chi connectivity index (χ1n) is 11.5. The molecule has 0 saturated carbocycles. The van der Waals surface area contributed by atoms with Gasteiger partial charge >= 0.3 is 0 Å². The van der Waals surface area contributed by atoms with E-state index in [0.717, 1.165) is 30.0 Å². The van der Waals surface area contributed by atoms with E-state index in [0.29, 0.717) is 26.1 Å². The maximum Gasteiger partial charge on any atom is 0.220 e. The monoisotopic (exact) mass is 423 g/mol. The number of amides is 1. The molecule has 1 saturated heterocycles. The lowest BCUT2D eigenvalue weighted by atomic mass is 10.0. The topological polar surface area (TPSA) is 50.8 Å². The number of rotatable bonds is 12. The molecule has 1 radical (unpaired) electrons. The van der Waals surface area contributed by atoms with E-state index >= 15 is 0 Å². The van der Waals surface area contributed by atoms with Crippen LogP contribution in [0.4, 0.5) is 0 Å². The minimum atomic E-state index is 0.0755. The molecule has 1 aliphatic heterocycles. The van der Waals surface area contributed by atoms with Gasteiger partial charge in [-0.1, -0.05) is 24.3 Å². The Labute approximate surface area is 186 Å². The Bertz CT molecular complexity index is 799. The van der Waals surface area contributed by atoms with Gasteiger partial charge in [0.1, 0.15) is 18.1 Å². The summed E-state index contributed by atoms with van der Waals surface area (Å²) >= 11 is 0. The minimum Gasteiger partial charge on any atom is -0.494 e. The molecule has 2 aromatic carbocycles. The van der Waals surface area contributed by atoms with Gasteiger partial charge in [-0.2, -0.15) is 0 Å². The summed E-state index contributed by atoms with van der Waals surface area (Å²) in [6.45, 7) is 8.55. The van der Waals surface area contributed by atoms with Crippen LogP contribution in [-0.2, 0) is 11.2 Å². The van der Waals surface area contributed by atoms with Crippen LogP contribution in [0.5, 0.6) is 11.5 Å². The third-order valence-electron chi connectivity index (χ3n) is 5.33. The fourth-order valence-corrected chi connectivity index (χ4v) is 3.74. The van der Waals surface area contributed by atoms with Crippen LogP contribution in [0.15, 0.2) is 42.5 Å². The molecule has 0 bridgehead atoms. The van der Waals surface area contributed by atoms with Crippen molar-refractivity contribution in [2.75, 3.05) is 32.8 Å². The van der Waals surface area contributed by atoms with Crippen LogP contribution in [0.2, 0.25) is 0 Å². The zero-order chi connectivity index (χ0) is 21.9. The lowest BCUT2D eigenvalue weighted by molar-refractivity contribution is -0.121. The number of hydrogen-bond acceptors (Lipinski definition) is 4. The summed E-state index contributed by atoms with van der Waals surface area (Å²) in [5, 5.41) is 2.89. The van der Waals surface area contributed by atoms with Crippen molar-refractivity contribution in [1.82, 2.24) is 10.2 Å². The van der Waals surface area contributed by atoms with Gasteiger partial charge in [-0.15, -0.1) is 0 Å². The van der Waals surface area contributed by atoms with E-state index in [1.807, 2.05) is 44.2 Å². The molecule has 1 aliphatic rings. The maximum atomic E-state index is 11.7. The molecule has 1 amide bonds. The van der Waals surface area contributed by atoms with Gasteiger partial charge < -0.3 is 14.8 Å². The molecule has 1 heterocycles. The number of likely N-dealkylation sites (tertiary alicyclic amines) is 1. The van der Waals surface area contributed by atoms with Gasteiger partial charge in [-0.3, -0.25) is 9.69 Å². The Morgan fingerprint density at radius 1 is 1.10 bits per heavy atom. The van der Waals surface area contributed by atoms with Crippen LogP contribution in [-0.4, -0.2) is 49.7 Å². The van der Waals surface area contributed by atoms with Crippen LogP contribution in [0, 0.1) is 6.07 Å². The van der Waals surface area contributed by atoms with Gasteiger partial charge in [-0.25, -0.2) is 0 Å². The Hall–Kier alpha value is -2.53. The standard InChI is InChI=1S/C26H35N2O3/c1-21(2)27-26(29)10-7-18-30-24-13-11-22(12-14-24)20-23-8-3-4-9-25(23)31-19-17-28-15-5-6-16-28/h3-4,9,11-14,21H,5-7,10,15-20H2,1-2H3,(H,27,29). The fraction of sp³-hybridized carbons (Fsp3) is 0.500. The van der Waals surface area contributed by atoms with Gasteiger partial charge in [0.2, 0.25) is 5.91 Å². The first-order valence-corrected chi connectivity index (χ1v) is 11.5. The fourth-order valence-electron chi connectivity index (χ4n) is 3.74. The molecule has 5 nitrogen and oxygen atoms in total. The van der Waals surface area contributed by atoms with Gasteiger partial charge in [-0.05, 0) is 76.0 Å². The number of benzene rings is 2. The Morgan fingerprint density at radius 3 is 2.61 bits per heavy atom. The van der Waals surface area contributed by atoms with E-state index in [1.165, 1.54) is 31.5 Å². The van der Waals surface area contributed by atoms with Crippen molar-refractivity contribution < 1.29 is 14.3 Å². The highest BCUT2D eigenvalue weighted by Gasteiger charge is 2.12. The van der Waals surface area contributed by atoms with Crippen molar-refractivity contribution in [1.29, 1.82) is 0 Å². The highest BCUT2D eigenvalue weighted by atomic mass is 16.5. The zero-order valence-electron chi connectivity index (χ0n) is 18.9. The molecule has 0 atom stereocenters. The third kappa shape index (κ3) is 8.25. The van der Waals surface area contributed by atoms with Crippen molar-refractivity contribution in [3.05, 3.63) is 59.7 Å². The van der Waals surface area contributed by atoms with E-state index in [1.54, 1.807) is 0 Å². The number of nitrogens with one attached hydrogen (secondary N) is 1. The van der Waals surface area contributed by atoms with Gasteiger partial charge in [0.05, 0.1) is 6.61 Å². The number of carbonyl (C=O) groups excluding carboxylic acids is 1. The molecule has 0 aliphatic carbocycles. The molecular weight excluding hydrogens is 388 g/mol. The number of ether oxygens (including phenoxy) is 2. The smallest absolute Gasteiger partial charge is 0.220 e. The van der Waals surface area contributed by atoms with E-state index < -0.39 is 0 Å². The Kier molecular flexibility index (Phi) is 9.22. The highest BCUT2D eigenvalue weighted by Crippen LogP contribution is 2.22. The second-order valence-corrected chi connectivity index (χ2v) is 8.41. The lowest BCUT2D eigenvalue weighted by Gasteiger charge is -2.16. The van der Waals surface area contributed by atoms with Crippen LogP contribution in [0.3, 0.4) is 0 Å². The van der Waals surface area contributed by atoms with Crippen LogP contribution < -0.4 is 14.8 Å². The maximum absolute atomic E-state index is 11.7. The SMILES string of the molecule is CC(C)NC(=O)CCCOc1ccc(Cc2[c]cccc2OCCN2CCCC2)cc1. The number of carbonyl (C=O) groups is 1. The van der Waals surface area contributed by atoms with E-state index in [4.69, 9.17) is 9.47 Å². The normalized spacial score (nSPS) is 14.0. The molecule has 0 spiro atoms. The van der Waals surface area contributed by atoms with Gasteiger partial charge in [0.25, 0.3) is 0 Å². The average molecular weight is 424 g/mol. The lowest BCUT2D eigenvalue weighted by Crippen LogP contribution is -2.30. The third-order valence-corrected chi connectivity index (χ3v) is 5.33. The summed E-state index contributed by atoms with van der Waals surface area (Å²) in [5.74, 6) is 1.82. The molecule has 5 heteroatoms. The molecule has 1 fully saturated rings. The minimum absolute atomic E-state index is 0.0755. The first-order chi connectivity index (χ1) is 15.1. The summed E-state index contributed by atoms with van der Waals surface area (Å²) in [6.07, 6.45) is 4.57. The summed E-state index contributed by atoms with van der Waals surface area (Å²) < 4.78 is 11.8. The van der Waals surface area contributed by atoms with Crippen molar-refractivity contribution in [2.24, 2.45) is 0 Å². The van der Waals surface area contributed by atoms with Crippen molar-refractivity contribution in [3.63, 3.8) is 0 Å². The zero-order valence-corrected chi connectivity index (χ0v) is 18.9. The molecule has 167 valence electrons. The predicted molar refractivity (Wildman–Crippen MR) is 124 cm³/mol. The number of nitrogens with zero attached hydrogens (tertiary/aromatic N) is 1. The Balaban J connectivity index is 1.43. The van der Waals surface area contributed by atoms with Gasteiger partial charge in [0.15, 0.2) is 0 Å². The molecular formula is C26H35N2O3. The highest BCUT2D eigenvalue weighted by molar-refractivity contribution is 5.76. The van der Waals surface area contributed by atoms with Crippen molar-refractivity contribution >= 4 is 5.91 Å².